The zero-order valence-electron chi connectivity index (χ0n) is 15.3. The standard InChI is InChI=1S/C18H22N6O2/c1-11(2)9-16-19-18(22-21-16)20-17(25)15-10-14(23-24(15)3)12-5-7-13(26-4)8-6-12/h5-8,10-11H,9H2,1-4H3,(H2,19,20,21,22,25). The van der Waals surface area contributed by atoms with Crippen LogP contribution < -0.4 is 10.1 Å². The van der Waals surface area contributed by atoms with Crippen LogP contribution in [0.15, 0.2) is 30.3 Å². The number of hydrogen-bond acceptors (Lipinski definition) is 5. The summed E-state index contributed by atoms with van der Waals surface area (Å²) in [5.41, 5.74) is 2.03. The lowest BCUT2D eigenvalue weighted by Crippen LogP contribution is -2.16. The number of anilines is 1. The van der Waals surface area contributed by atoms with E-state index in [4.69, 9.17) is 4.74 Å². The first-order valence-electron chi connectivity index (χ1n) is 8.37. The number of amides is 1. The van der Waals surface area contributed by atoms with Crippen LogP contribution in [0.25, 0.3) is 11.3 Å². The predicted molar refractivity (Wildman–Crippen MR) is 98.1 cm³/mol. The van der Waals surface area contributed by atoms with E-state index >= 15 is 0 Å². The van der Waals surface area contributed by atoms with E-state index in [0.717, 1.165) is 23.6 Å². The van der Waals surface area contributed by atoms with Crippen molar-refractivity contribution >= 4 is 11.9 Å². The molecule has 2 heterocycles. The third-order valence-electron chi connectivity index (χ3n) is 3.86. The van der Waals surface area contributed by atoms with Gasteiger partial charge in [0.05, 0.1) is 12.8 Å². The molecule has 2 N–H and O–H groups in total. The molecule has 0 saturated carbocycles. The minimum Gasteiger partial charge on any atom is -0.497 e. The summed E-state index contributed by atoms with van der Waals surface area (Å²) in [5, 5.41) is 14.0. The number of hydrogen-bond donors (Lipinski definition) is 2. The summed E-state index contributed by atoms with van der Waals surface area (Å²) in [4.78, 5) is 16.8. The van der Waals surface area contributed by atoms with Crippen LogP contribution in [0.3, 0.4) is 0 Å². The predicted octanol–water partition coefficient (Wildman–Crippen LogP) is 2.66. The topological polar surface area (TPSA) is 97.7 Å². The Hall–Kier alpha value is -3.16. The molecule has 8 heteroatoms. The van der Waals surface area contributed by atoms with Gasteiger partial charge in [-0.1, -0.05) is 13.8 Å². The van der Waals surface area contributed by atoms with E-state index in [1.165, 1.54) is 4.68 Å². The van der Waals surface area contributed by atoms with Crippen molar-refractivity contribution < 1.29 is 9.53 Å². The number of H-pyrrole nitrogens is 1. The Morgan fingerprint density at radius 2 is 2.04 bits per heavy atom. The highest BCUT2D eigenvalue weighted by atomic mass is 16.5. The molecule has 1 amide bonds. The lowest BCUT2D eigenvalue weighted by Gasteiger charge is -2.00. The first-order chi connectivity index (χ1) is 12.5. The van der Waals surface area contributed by atoms with Crippen molar-refractivity contribution in [1.29, 1.82) is 0 Å². The molecule has 2 aromatic heterocycles. The lowest BCUT2D eigenvalue weighted by atomic mass is 10.1. The van der Waals surface area contributed by atoms with Crippen molar-refractivity contribution in [3.05, 3.63) is 41.9 Å². The SMILES string of the molecule is COc1ccc(-c2cc(C(=O)Nc3n[nH]c(CC(C)C)n3)n(C)n2)cc1. The quantitative estimate of drug-likeness (QED) is 0.709. The van der Waals surface area contributed by atoms with Crippen LogP contribution in [0.5, 0.6) is 5.75 Å². The highest BCUT2D eigenvalue weighted by molar-refractivity contribution is 6.02. The van der Waals surface area contributed by atoms with Crippen LogP contribution in [0, 0.1) is 5.92 Å². The van der Waals surface area contributed by atoms with E-state index in [1.807, 2.05) is 24.3 Å². The Kier molecular flexibility index (Phi) is 5.01. The van der Waals surface area contributed by atoms with E-state index < -0.39 is 0 Å². The molecule has 8 nitrogen and oxygen atoms in total. The molecule has 0 aliphatic rings. The molecule has 0 radical (unpaired) electrons. The first kappa shape index (κ1) is 17.7. The average molecular weight is 354 g/mol. The van der Waals surface area contributed by atoms with Crippen LogP contribution in [0.1, 0.15) is 30.2 Å². The fraction of sp³-hybridized carbons (Fsp3) is 0.333. The molecule has 0 atom stereocenters. The van der Waals surface area contributed by atoms with Gasteiger partial charge in [0.1, 0.15) is 17.3 Å². The number of rotatable bonds is 6. The second-order valence-corrected chi connectivity index (χ2v) is 6.42. The van der Waals surface area contributed by atoms with Crippen LogP contribution >= 0.6 is 0 Å². The minimum absolute atomic E-state index is 0.262. The second-order valence-electron chi connectivity index (χ2n) is 6.42. The Labute approximate surface area is 151 Å². The third-order valence-corrected chi connectivity index (χ3v) is 3.86. The molecule has 0 aliphatic heterocycles. The van der Waals surface area contributed by atoms with Gasteiger partial charge in [-0.3, -0.25) is 19.9 Å². The van der Waals surface area contributed by atoms with Crippen LogP contribution in [-0.4, -0.2) is 38.0 Å². The number of aromatic nitrogens is 5. The first-order valence-corrected chi connectivity index (χ1v) is 8.37. The van der Waals surface area contributed by atoms with E-state index in [2.05, 4.69) is 39.4 Å². The lowest BCUT2D eigenvalue weighted by molar-refractivity contribution is 0.101. The molecule has 0 spiro atoms. The fourth-order valence-electron chi connectivity index (χ4n) is 2.58. The summed E-state index contributed by atoms with van der Waals surface area (Å²) in [7, 11) is 3.35. The van der Waals surface area contributed by atoms with Crippen molar-refractivity contribution in [2.24, 2.45) is 13.0 Å². The monoisotopic (exact) mass is 354 g/mol. The smallest absolute Gasteiger partial charge is 0.276 e. The molecule has 3 rings (SSSR count). The van der Waals surface area contributed by atoms with Crippen molar-refractivity contribution in [3.63, 3.8) is 0 Å². The summed E-state index contributed by atoms with van der Waals surface area (Å²) in [6.45, 7) is 4.19. The summed E-state index contributed by atoms with van der Waals surface area (Å²) < 4.78 is 6.70. The van der Waals surface area contributed by atoms with Gasteiger partial charge in [0, 0.05) is 19.0 Å². The van der Waals surface area contributed by atoms with Gasteiger partial charge in [-0.2, -0.15) is 10.1 Å². The highest BCUT2D eigenvalue weighted by Crippen LogP contribution is 2.22. The van der Waals surface area contributed by atoms with Gasteiger partial charge in [0.25, 0.3) is 5.91 Å². The van der Waals surface area contributed by atoms with Crippen LogP contribution in [0.4, 0.5) is 5.95 Å². The van der Waals surface area contributed by atoms with Crippen molar-refractivity contribution in [1.82, 2.24) is 25.0 Å². The van der Waals surface area contributed by atoms with E-state index in [0.29, 0.717) is 17.3 Å². The Morgan fingerprint density at radius 3 is 2.69 bits per heavy atom. The fourth-order valence-corrected chi connectivity index (χ4v) is 2.58. The largest absolute Gasteiger partial charge is 0.497 e. The average Bonchev–Trinajstić information content (AvgIpc) is 3.21. The number of ether oxygens (including phenoxy) is 1. The van der Waals surface area contributed by atoms with Gasteiger partial charge < -0.3 is 4.74 Å². The Bertz CT molecular complexity index is 895. The Balaban J connectivity index is 1.75. The zero-order chi connectivity index (χ0) is 18.7. The molecule has 0 saturated heterocycles. The van der Waals surface area contributed by atoms with Gasteiger partial charge in [0.2, 0.25) is 5.95 Å². The maximum Gasteiger partial charge on any atom is 0.276 e. The van der Waals surface area contributed by atoms with E-state index in [1.54, 1.807) is 20.2 Å². The highest BCUT2D eigenvalue weighted by Gasteiger charge is 2.16. The molecule has 26 heavy (non-hydrogen) atoms. The van der Waals surface area contributed by atoms with Gasteiger partial charge >= 0.3 is 0 Å². The molecule has 0 unspecified atom stereocenters. The number of carbonyl (C=O) groups is 1. The van der Waals surface area contributed by atoms with Crippen LogP contribution in [-0.2, 0) is 13.5 Å². The molecule has 136 valence electrons. The van der Waals surface area contributed by atoms with Gasteiger partial charge in [0.15, 0.2) is 0 Å². The van der Waals surface area contributed by atoms with Crippen molar-refractivity contribution in [2.75, 3.05) is 12.4 Å². The van der Waals surface area contributed by atoms with Crippen molar-refractivity contribution in [2.45, 2.75) is 20.3 Å². The third kappa shape index (κ3) is 3.90. The molecule has 0 aliphatic carbocycles. The minimum atomic E-state index is -0.310. The Morgan fingerprint density at radius 1 is 1.31 bits per heavy atom. The number of nitrogens with zero attached hydrogens (tertiary/aromatic N) is 4. The van der Waals surface area contributed by atoms with Crippen molar-refractivity contribution in [3.8, 4) is 17.0 Å². The van der Waals surface area contributed by atoms with E-state index in [9.17, 15) is 4.79 Å². The maximum atomic E-state index is 12.5. The van der Waals surface area contributed by atoms with Gasteiger partial charge in [-0.15, -0.1) is 5.10 Å². The maximum absolute atomic E-state index is 12.5. The molecule has 1 aromatic carbocycles. The normalized spacial score (nSPS) is 11.0. The summed E-state index contributed by atoms with van der Waals surface area (Å²) in [5.74, 6) is 1.92. The number of methoxy groups -OCH3 is 1. The van der Waals surface area contributed by atoms with E-state index in [-0.39, 0.29) is 11.9 Å². The molecule has 3 aromatic rings. The number of nitrogens with one attached hydrogen (secondary N) is 2. The molecule has 0 fully saturated rings. The molecule has 0 bridgehead atoms. The number of carbonyl (C=O) groups excluding carboxylic acids is 1. The summed E-state index contributed by atoms with van der Waals surface area (Å²) in [6.07, 6.45) is 0.774. The second kappa shape index (κ2) is 7.38. The number of aryl methyl sites for hydroxylation is 1. The molecular formula is C18H22N6O2. The van der Waals surface area contributed by atoms with Gasteiger partial charge in [-0.25, -0.2) is 0 Å². The number of aromatic amines is 1. The molecular weight excluding hydrogens is 332 g/mol. The summed E-state index contributed by atoms with van der Waals surface area (Å²) >= 11 is 0. The summed E-state index contributed by atoms with van der Waals surface area (Å²) in [6, 6.07) is 9.24. The zero-order valence-corrected chi connectivity index (χ0v) is 15.3. The van der Waals surface area contributed by atoms with Gasteiger partial charge in [-0.05, 0) is 36.2 Å². The number of benzene rings is 1. The van der Waals surface area contributed by atoms with Crippen LogP contribution in [0.2, 0.25) is 0 Å².